The number of thiophene rings is 1. The third kappa shape index (κ3) is 3.51. The van der Waals surface area contributed by atoms with Crippen LogP contribution in [0.3, 0.4) is 0 Å². The first-order valence-electron chi connectivity index (χ1n) is 8.80. The van der Waals surface area contributed by atoms with Gasteiger partial charge in [0.25, 0.3) is 5.91 Å². The van der Waals surface area contributed by atoms with Crippen LogP contribution in [0.5, 0.6) is 0 Å². The highest BCUT2D eigenvalue weighted by molar-refractivity contribution is 7.09. The zero-order valence-corrected chi connectivity index (χ0v) is 15.2. The monoisotopic (exact) mass is 368 g/mol. The predicted molar refractivity (Wildman–Crippen MR) is 101 cm³/mol. The molecule has 2 N–H and O–H groups in total. The van der Waals surface area contributed by atoms with Crippen molar-refractivity contribution < 1.29 is 14.3 Å². The number of aromatic amines is 1. The number of aromatic nitrogens is 1. The molecular formula is C20H20N2O3S. The normalized spacial score (nSPS) is 13.4. The third-order valence-corrected chi connectivity index (χ3v) is 5.58. The summed E-state index contributed by atoms with van der Waals surface area (Å²) >= 11 is 1.57. The second kappa shape index (κ2) is 7.33. The minimum absolute atomic E-state index is 0.270. The summed E-state index contributed by atoms with van der Waals surface area (Å²) in [6, 6.07) is 9.42. The van der Waals surface area contributed by atoms with Crippen molar-refractivity contribution in [3.63, 3.8) is 0 Å². The van der Waals surface area contributed by atoms with Crippen LogP contribution >= 0.6 is 11.3 Å². The fraction of sp³-hybridized carbons (Fsp3) is 0.300. The number of carbonyl (C=O) groups is 2. The maximum absolute atomic E-state index is 12.3. The summed E-state index contributed by atoms with van der Waals surface area (Å²) in [5.41, 5.74) is 4.14. The highest BCUT2D eigenvalue weighted by Crippen LogP contribution is 2.29. The van der Waals surface area contributed by atoms with E-state index in [2.05, 4.69) is 10.3 Å². The standard InChI is InChI=1S/C20H20N2O3S/c23-19(21-11-14-4-3-9-26-14)12-25-20(24)13-7-8-18-16(10-13)15-5-1-2-6-17(15)22-18/h3-4,7-10,22H,1-2,5-6,11-12H2,(H,21,23). The number of hydrogen-bond acceptors (Lipinski definition) is 4. The Morgan fingerprint density at radius 3 is 2.92 bits per heavy atom. The van der Waals surface area contributed by atoms with E-state index in [-0.39, 0.29) is 12.5 Å². The first-order valence-corrected chi connectivity index (χ1v) is 9.68. The van der Waals surface area contributed by atoms with E-state index < -0.39 is 5.97 Å². The molecular weight excluding hydrogens is 348 g/mol. The number of amides is 1. The Kier molecular flexibility index (Phi) is 4.75. The summed E-state index contributed by atoms with van der Waals surface area (Å²) < 4.78 is 5.17. The average molecular weight is 368 g/mol. The van der Waals surface area contributed by atoms with E-state index in [1.54, 1.807) is 17.4 Å². The van der Waals surface area contributed by atoms with Crippen molar-refractivity contribution in [2.24, 2.45) is 0 Å². The second-order valence-electron chi connectivity index (χ2n) is 6.48. The minimum Gasteiger partial charge on any atom is -0.452 e. The largest absolute Gasteiger partial charge is 0.452 e. The van der Waals surface area contributed by atoms with Gasteiger partial charge in [-0.15, -0.1) is 11.3 Å². The van der Waals surface area contributed by atoms with Crippen LogP contribution in [0, 0.1) is 0 Å². The molecule has 1 aromatic carbocycles. The lowest BCUT2D eigenvalue weighted by Gasteiger charge is -2.10. The maximum atomic E-state index is 12.3. The van der Waals surface area contributed by atoms with Gasteiger partial charge in [-0.2, -0.15) is 0 Å². The van der Waals surface area contributed by atoms with Gasteiger partial charge in [0.1, 0.15) is 0 Å². The van der Waals surface area contributed by atoms with Crippen LogP contribution in [-0.4, -0.2) is 23.5 Å². The molecule has 0 spiro atoms. The quantitative estimate of drug-likeness (QED) is 0.676. The van der Waals surface area contributed by atoms with Gasteiger partial charge in [-0.1, -0.05) is 6.07 Å². The van der Waals surface area contributed by atoms with Gasteiger partial charge >= 0.3 is 5.97 Å². The molecule has 0 aliphatic heterocycles. The zero-order valence-electron chi connectivity index (χ0n) is 14.3. The van der Waals surface area contributed by atoms with Crippen LogP contribution in [0.1, 0.15) is 39.3 Å². The van der Waals surface area contributed by atoms with E-state index in [4.69, 9.17) is 4.74 Å². The SMILES string of the molecule is O=C(COC(=O)c1ccc2[nH]c3c(c2c1)CCCC3)NCc1cccs1. The van der Waals surface area contributed by atoms with Gasteiger partial charge in [0, 0.05) is 21.5 Å². The average Bonchev–Trinajstić information content (AvgIpc) is 3.31. The van der Waals surface area contributed by atoms with Crippen molar-refractivity contribution in [3.8, 4) is 0 Å². The van der Waals surface area contributed by atoms with E-state index in [0.717, 1.165) is 28.6 Å². The van der Waals surface area contributed by atoms with Gasteiger partial charge in [-0.05, 0) is 60.9 Å². The summed E-state index contributed by atoms with van der Waals surface area (Å²) in [7, 11) is 0. The van der Waals surface area contributed by atoms with Crippen molar-refractivity contribution in [3.05, 3.63) is 57.4 Å². The van der Waals surface area contributed by atoms with Crippen molar-refractivity contribution in [2.75, 3.05) is 6.61 Å². The highest BCUT2D eigenvalue weighted by atomic mass is 32.1. The van der Waals surface area contributed by atoms with Gasteiger partial charge in [0.15, 0.2) is 6.61 Å². The van der Waals surface area contributed by atoms with Crippen molar-refractivity contribution in [1.29, 1.82) is 0 Å². The fourth-order valence-electron chi connectivity index (χ4n) is 3.40. The van der Waals surface area contributed by atoms with Crippen LogP contribution in [-0.2, 0) is 28.9 Å². The Labute approximate surface area is 155 Å². The molecule has 0 saturated carbocycles. The van der Waals surface area contributed by atoms with Crippen LogP contribution in [0.4, 0.5) is 0 Å². The van der Waals surface area contributed by atoms with E-state index >= 15 is 0 Å². The number of esters is 1. The lowest BCUT2D eigenvalue weighted by Crippen LogP contribution is -2.28. The summed E-state index contributed by atoms with van der Waals surface area (Å²) in [4.78, 5) is 28.7. The Morgan fingerprint density at radius 2 is 2.08 bits per heavy atom. The van der Waals surface area contributed by atoms with Crippen LogP contribution in [0.25, 0.3) is 10.9 Å². The van der Waals surface area contributed by atoms with Crippen molar-refractivity contribution in [1.82, 2.24) is 10.3 Å². The fourth-order valence-corrected chi connectivity index (χ4v) is 4.04. The lowest BCUT2D eigenvalue weighted by atomic mass is 9.95. The van der Waals surface area contributed by atoms with Gasteiger partial charge < -0.3 is 15.0 Å². The molecule has 0 saturated heterocycles. The summed E-state index contributed by atoms with van der Waals surface area (Å²) in [5.74, 6) is -0.768. The summed E-state index contributed by atoms with van der Waals surface area (Å²) in [5, 5.41) is 5.80. The van der Waals surface area contributed by atoms with Crippen LogP contribution in [0.15, 0.2) is 35.7 Å². The topological polar surface area (TPSA) is 71.2 Å². The summed E-state index contributed by atoms with van der Waals surface area (Å²) in [6.45, 7) is 0.184. The van der Waals surface area contributed by atoms with Gasteiger partial charge in [-0.3, -0.25) is 4.79 Å². The minimum atomic E-state index is -0.469. The number of rotatable bonds is 5. The molecule has 1 aliphatic rings. The highest BCUT2D eigenvalue weighted by Gasteiger charge is 2.17. The van der Waals surface area contributed by atoms with Gasteiger partial charge in [-0.25, -0.2) is 4.79 Å². The molecule has 0 radical (unpaired) electrons. The Morgan fingerprint density at radius 1 is 1.19 bits per heavy atom. The number of benzene rings is 1. The predicted octanol–water partition coefficient (Wildman–Crippen LogP) is 3.58. The smallest absolute Gasteiger partial charge is 0.338 e. The molecule has 3 aromatic rings. The van der Waals surface area contributed by atoms with Crippen LogP contribution < -0.4 is 5.32 Å². The second-order valence-corrected chi connectivity index (χ2v) is 7.51. The number of fused-ring (bicyclic) bond motifs is 3. The molecule has 2 aromatic heterocycles. The Balaban J connectivity index is 1.39. The Bertz CT molecular complexity index is 944. The van der Waals surface area contributed by atoms with E-state index in [1.807, 2.05) is 29.6 Å². The molecule has 1 aliphatic carbocycles. The lowest BCUT2D eigenvalue weighted by molar-refractivity contribution is -0.124. The Hall–Kier alpha value is -2.60. The molecule has 0 unspecified atom stereocenters. The number of hydrogen-bond donors (Lipinski definition) is 2. The van der Waals surface area contributed by atoms with E-state index in [0.29, 0.717) is 12.1 Å². The summed E-state index contributed by atoms with van der Waals surface area (Å²) in [6.07, 6.45) is 4.49. The molecule has 0 fully saturated rings. The van der Waals surface area contributed by atoms with Gasteiger partial charge in [0.2, 0.25) is 0 Å². The first kappa shape index (κ1) is 16.8. The molecule has 5 nitrogen and oxygen atoms in total. The molecule has 6 heteroatoms. The van der Waals surface area contributed by atoms with Crippen molar-refractivity contribution in [2.45, 2.75) is 32.2 Å². The third-order valence-electron chi connectivity index (χ3n) is 4.71. The molecule has 4 rings (SSSR count). The number of ether oxygens (including phenoxy) is 1. The molecule has 2 heterocycles. The molecule has 1 amide bonds. The van der Waals surface area contributed by atoms with Gasteiger partial charge in [0.05, 0.1) is 12.1 Å². The van der Waals surface area contributed by atoms with Crippen LogP contribution in [0.2, 0.25) is 0 Å². The van der Waals surface area contributed by atoms with Crippen molar-refractivity contribution >= 4 is 34.1 Å². The molecule has 134 valence electrons. The number of carbonyl (C=O) groups excluding carboxylic acids is 2. The van der Waals surface area contributed by atoms with E-state index in [9.17, 15) is 9.59 Å². The maximum Gasteiger partial charge on any atom is 0.338 e. The first-order chi connectivity index (χ1) is 12.7. The number of aryl methyl sites for hydroxylation is 2. The molecule has 26 heavy (non-hydrogen) atoms. The molecule has 0 bridgehead atoms. The molecule has 0 atom stereocenters. The number of H-pyrrole nitrogens is 1. The zero-order chi connectivity index (χ0) is 17.9. The number of nitrogens with one attached hydrogen (secondary N) is 2. The van der Waals surface area contributed by atoms with E-state index in [1.165, 1.54) is 24.1 Å².